The van der Waals surface area contributed by atoms with Crippen LogP contribution in [0.4, 0.5) is 5.69 Å². The first kappa shape index (κ1) is 19.9. The van der Waals surface area contributed by atoms with Gasteiger partial charge >= 0.3 is 0 Å². The molecule has 1 amide bonds. The van der Waals surface area contributed by atoms with E-state index in [0.29, 0.717) is 44.2 Å². The molecular weight excluding hydrogens is 440 g/mol. The van der Waals surface area contributed by atoms with Crippen molar-refractivity contribution in [3.8, 4) is 28.6 Å². The summed E-state index contributed by atoms with van der Waals surface area (Å²) in [5.74, 6) is 1.92. The maximum Gasteiger partial charge on any atom is 0.247 e. The molecule has 1 atom stereocenters. The average Bonchev–Trinajstić information content (AvgIpc) is 3.14. The number of hydrogen-bond donors (Lipinski definition) is 0. The Balaban J connectivity index is 1.73. The number of thioether (sulfide) groups is 1. The lowest BCUT2D eigenvalue weighted by Crippen LogP contribution is -2.36. The Bertz CT molecular complexity index is 1190. The lowest BCUT2D eigenvalue weighted by molar-refractivity contribution is -0.118. The maximum atomic E-state index is 12.8. The fourth-order valence-electron chi connectivity index (χ4n) is 3.57. The van der Waals surface area contributed by atoms with Crippen molar-refractivity contribution in [1.82, 2.24) is 15.2 Å². The lowest BCUT2D eigenvalue weighted by atomic mass is 10.1. The van der Waals surface area contributed by atoms with Crippen LogP contribution >= 0.6 is 23.4 Å². The molecule has 2 aliphatic heterocycles. The first-order chi connectivity index (χ1) is 15.1. The number of carbonyl (C=O) groups excluding carboxylic acids is 1. The number of halogens is 1. The zero-order valence-corrected chi connectivity index (χ0v) is 18.2. The minimum Gasteiger partial charge on any atom is -0.454 e. The van der Waals surface area contributed by atoms with Gasteiger partial charge in [0.25, 0.3) is 0 Å². The number of nitrogens with zero attached hydrogens (tertiary/aromatic N) is 4. The van der Waals surface area contributed by atoms with Crippen molar-refractivity contribution in [2.24, 2.45) is 0 Å². The summed E-state index contributed by atoms with van der Waals surface area (Å²) in [6, 6.07) is 10.8. The van der Waals surface area contributed by atoms with Crippen molar-refractivity contribution in [1.29, 1.82) is 0 Å². The van der Waals surface area contributed by atoms with Crippen LogP contribution in [0.2, 0.25) is 5.02 Å². The second kappa shape index (κ2) is 7.90. The maximum absolute atomic E-state index is 12.8. The minimum absolute atomic E-state index is 0.109. The summed E-state index contributed by atoms with van der Waals surface area (Å²) in [6.45, 7) is 3.58. The van der Waals surface area contributed by atoms with Gasteiger partial charge in [-0.3, -0.25) is 9.69 Å². The van der Waals surface area contributed by atoms with E-state index in [-0.39, 0.29) is 18.6 Å². The first-order valence-electron chi connectivity index (χ1n) is 9.59. The highest BCUT2D eigenvalue weighted by molar-refractivity contribution is 7.99. The lowest BCUT2D eigenvalue weighted by Gasteiger charge is -2.30. The molecule has 0 N–H and O–H groups in total. The first-order valence-corrected chi connectivity index (χ1v) is 11.0. The molecule has 5 rings (SSSR count). The Hall–Kier alpha value is -3.04. The van der Waals surface area contributed by atoms with Gasteiger partial charge in [0, 0.05) is 24.1 Å². The van der Waals surface area contributed by atoms with Gasteiger partial charge in [0.2, 0.25) is 30.0 Å². The van der Waals surface area contributed by atoms with Crippen molar-refractivity contribution in [3.05, 3.63) is 47.0 Å². The summed E-state index contributed by atoms with van der Waals surface area (Å²) in [5, 5.41) is 9.45. The molecule has 0 saturated carbocycles. The molecule has 1 unspecified atom stereocenters. The third kappa shape index (κ3) is 3.43. The van der Waals surface area contributed by atoms with Gasteiger partial charge in [0.05, 0.1) is 10.7 Å². The third-order valence-electron chi connectivity index (χ3n) is 4.88. The molecule has 31 heavy (non-hydrogen) atoms. The Morgan fingerprint density at radius 3 is 2.77 bits per heavy atom. The predicted molar refractivity (Wildman–Crippen MR) is 116 cm³/mol. The standard InChI is InChI=1S/C21H17ClN4O4S/c1-3-31-21-23-19-18(24-25-21)12-6-4-5-7-15(12)26(11(2)27)20(30-19)13-8-16-17(9-14(13)22)29-10-28-16/h4-9,20H,3,10H2,1-2H3. The van der Waals surface area contributed by atoms with Crippen LogP contribution in [-0.2, 0) is 4.79 Å². The number of aromatic nitrogens is 3. The number of hydrogen-bond acceptors (Lipinski definition) is 8. The zero-order valence-electron chi connectivity index (χ0n) is 16.7. The smallest absolute Gasteiger partial charge is 0.247 e. The van der Waals surface area contributed by atoms with Crippen molar-refractivity contribution >= 4 is 35.0 Å². The van der Waals surface area contributed by atoms with Crippen molar-refractivity contribution < 1.29 is 19.0 Å². The van der Waals surface area contributed by atoms with Crippen LogP contribution in [0.15, 0.2) is 41.6 Å². The summed E-state index contributed by atoms with van der Waals surface area (Å²) >= 11 is 8.05. The zero-order chi connectivity index (χ0) is 21.5. The van der Waals surface area contributed by atoms with Gasteiger partial charge < -0.3 is 14.2 Å². The van der Waals surface area contributed by atoms with Gasteiger partial charge in [-0.2, -0.15) is 4.98 Å². The van der Waals surface area contributed by atoms with Gasteiger partial charge in [-0.05, 0) is 17.9 Å². The monoisotopic (exact) mass is 456 g/mol. The predicted octanol–water partition coefficient (Wildman–Crippen LogP) is 4.48. The number of carbonyl (C=O) groups is 1. The third-order valence-corrected chi connectivity index (χ3v) is 5.93. The molecule has 1 aromatic heterocycles. The topological polar surface area (TPSA) is 86.7 Å². The summed E-state index contributed by atoms with van der Waals surface area (Å²) in [6.07, 6.45) is -0.891. The highest BCUT2D eigenvalue weighted by atomic mass is 35.5. The Kier molecular flexibility index (Phi) is 5.07. The highest BCUT2D eigenvalue weighted by Crippen LogP contribution is 2.46. The van der Waals surface area contributed by atoms with E-state index in [4.69, 9.17) is 25.8 Å². The van der Waals surface area contributed by atoms with Crippen LogP contribution in [0.1, 0.15) is 25.6 Å². The molecule has 158 valence electrons. The second-order valence-electron chi connectivity index (χ2n) is 6.78. The van der Waals surface area contributed by atoms with Crippen LogP contribution < -0.4 is 19.1 Å². The molecule has 0 fully saturated rings. The number of rotatable bonds is 3. The van der Waals surface area contributed by atoms with E-state index in [2.05, 4.69) is 15.2 Å². The molecule has 3 heterocycles. The number of benzene rings is 2. The van der Waals surface area contributed by atoms with E-state index >= 15 is 0 Å². The van der Waals surface area contributed by atoms with Crippen LogP contribution in [0.25, 0.3) is 11.3 Å². The molecule has 0 saturated heterocycles. The second-order valence-corrected chi connectivity index (χ2v) is 8.42. The van der Waals surface area contributed by atoms with Gasteiger partial charge in [-0.25, -0.2) is 0 Å². The summed E-state index contributed by atoms with van der Waals surface area (Å²) in [5.41, 5.74) is 2.33. The SMILES string of the molecule is CCSc1nnc2c(n1)OC(c1cc3c(cc1Cl)OCO3)N(C(C)=O)c1ccccc1-2. The van der Waals surface area contributed by atoms with Crippen LogP contribution in [-0.4, -0.2) is 33.6 Å². The summed E-state index contributed by atoms with van der Waals surface area (Å²) < 4.78 is 17.3. The van der Waals surface area contributed by atoms with E-state index in [1.165, 1.54) is 23.6 Å². The van der Waals surface area contributed by atoms with E-state index in [1.54, 1.807) is 12.1 Å². The quantitative estimate of drug-likeness (QED) is 0.533. The molecule has 0 spiro atoms. The van der Waals surface area contributed by atoms with E-state index < -0.39 is 6.23 Å². The Morgan fingerprint density at radius 2 is 2.00 bits per heavy atom. The van der Waals surface area contributed by atoms with Gasteiger partial charge in [0.1, 0.15) is 0 Å². The van der Waals surface area contributed by atoms with E-state index in [9.17, 15) is 4.79 Å². The van der Waals surface area contributed by atoms with Crippen molar-refractivity contribution in [3.63, 3.8) is 0 Å². The molecule has 0 bridgehead atoms. The minimum atomic E-state index is -0.891. The van der Waals surface area contributed by atoms with E-state index in [1.807, 2.05) is 31.2 Å². The molecule has 2 aliphatic rings. The Labute approximate surface area is 187 Å². The van der Waals surface area contributed by atoms with Gasteiger partial charge in [-0.1, -0.05) is 48.5 Å². The number of fused-ring (bicyclic) bond motifs is 4. The largest absolute Gasteiger partial charge is 0.454 e. The van der Waals surface area contributed by atoms with Crippen molar-refractivity contribution in [2.75, 3.05) is 17.4 Å². The molecule has 3 aromatic rings. The number of anilines is 1. The summed E-state index contributed by atoms with van der Waals surface area (Å²) in [4.78, 5) is 19.0. The van der Waals surface area contributed by atoms with Gasteiger partial charge in [0.15, 0.2) is 17.2 Å². The molecule has 0 aliphatic carbocycles. The number of amides is 1. The van der Waals surface area contributed by atoms with Crippen LogP contribution in [0.5, 0.6) is 17.4 Å². The molecule has 2 aromatic carbocycles. The normalized spacial score (nSPS) is 16.2. The molecule has 10 heteroatoms. The van der Waals surface area contributed by atoms with Gasteiger partial charge in [-0.15, -0.1) is 10.2 Å². The molecular formula is C21H17ClN4O4S. The Morgan fingerprint density at radius 1 is 1.23 bits per heavy atom. The highest BCUT2D eigenvalue weighted by Gasteiger charge is 2.36. The van der Waals surface area contributed by atoms with E-state index in [0.717, 1.165) is 5.75 Å². The number of para-hydroxylation sites is 1. The average molecular weight is 457 g/mol. The number of ether oxygens (including phenoxy) is 3. The fourth-order valence-corrected chi connectivity index (χ4v) is 4.32. The van der Waals surface area contributed by atoms with Crippen LogP contribution in [0, 0.1) is 0 Å². The molecule has 8 nitrogen and oxygen atoms in total. The fraction of sp³-hybridized carbons (Fsp3) is 0.238. The molecule has 0 radical (unpaired) electrons. The van der Waals surface area contributed by atoms with Crippen molar-refractivity contribution in [2.45, 2.75) is 25.2 Å². The van der Waals surface area contributed by atoms with Crippen LogP contribution in [0.3, 0.4) is 0 Å². The summed E-state index contributed by atoms with van der Waals surface area (Å²) in [7, 11) is 0.